The number of alkyl halides is 2. The first kappa shape index (κ1) is 11.8. The number of methoxy groups -OCH3 is 1. The maximum absolute atomic E-state index is 12.5. The van der Waals surface area contributed by atoms with Gasteiger partial charge in [-0.25, -0.2) is 13.8 Å². The molecule has 0 spiro atoms. The van der Waals surface area contributed by atoms with Crippen molar-refractivity contribution in [3.8, 4) is 5.75 Å². The van der Waals surface area contributed by atoms with E-state index in [9.17, 15) is 8.78 Å². The Morgan fingerprint density at radius 3 is 2.67 bits per heavy atom. The molecule has 4 nitrogen and oxygen atoms in total. The Kier molecular flexibility index (Phi) is 3.93. The second-order valence-corrected chi connectivity index (χ2v) is 2.84. The third-order valence-corrected chi connectivity index (χ3v) is 1.98. The first-order chi connectivity index (χ1) is 7.13. The van der Waals surface area contributed by atoms with E-state index in [0.717, 1.165) is 0 Å². The zero-order valence-corrected chi connectivity index (χ0v) is 8.20. The molecule has 6 heteroatoms. The van der Waals surface area contributed by atoms with Crippen molar-refractivity contribution in [3.05, 3.63) is 23.0 Å². The van der Waals surface area contributed by atoms with Gasteiger partial charge in [0.1, 0.15) is 11.4 Å². The number of ether oxygens (including phenoxy) is 1. The van der Waals surface area contributed by atoms with Crippen LogP contribution in [-0.4, -0.2) is 17.2 Å². The monoisotopic (exact) mass is 218 g/mol. The molecule has 15 heavy (non-hydrogen) atoms. The summed E-state index contributed by atoms with van der Waals surface area (Å²) in [4.78, 5) is 3.63. The van der Waals surface area contributed by atoms with Crippen molar-refractivity contribution in [1.82, 2.24) is 4.98 Å². The molecule has 1 aromatic heterocycles. The van der Waals surface area contributed by atoms with Crippen LogP contribution in [0.3, 0.4) is 0 Å². The van der Waals surface area contributed by atoms with Gasteiger partial charge in [0.15, 0.2) is 0 Å². The maximum Gasteiger partial charge on any atom is 0.284 e. The van der Waals surface area contributed by atoms with E-state index in [4.69, 9.17) is 15.6 Å². The van der Waals surface area contributed by atoms with Crippen molar-refractivity contribution < 1.29 is 18.6 Å². The van der Waals surface area contributed by atoms with Crippen LogP contribution in [0.2, 0.25) is 0 Å². The fraction of sp³-hybridized carbons (Fsp3) is 0.444. The van der Waals surface area contributed by atoms with Crippen LogP contribution in [-0.2, 0) is 13.2 Å². The highest BCUT2D eigenvalue weighted by molar-refractivity contribution is 5.36. The van der Waals surface area contributed by atoms with E-state index in [1.807, 2.05) is 0 Å². The Morgan fingerprint density at radius 1 is 1.60 bits per heavy atom. The molecule has 1 rings (SSSR count). The molecule has 0 aliphatic carbocycles. The summed E-state index contributed by atoms with van der Waals surface area (Å²) in [6, 6.07) is 1.38. The number of rotatable bonds is 4. The third kappa shape index (κ3) is 2.40. The minimum atomic E-state index is -2.74. The number of pyridine rings is 1. The Hall–Kier alpha value is -1.27. The van der Waals surface area contributed by atoms with Gasteiger partial charge in [-0.2, -0.15) is 0 Å². The van der Waals surface area contributed by atoms with Crippen LogP contribution < -0.4 is 10.5 Å². The average molecular weight is 218 g/mol. The van der Waals surface area contributed by atoms with E-state index >= 15 is 0 Å². The summed E-state index contributed by atoms with van der Waals surface area (Å²) in [7, 11) is 1.28. The fourth-order valence-electron chi connectivity index (χ4n) is 1.22. The number of aromatic nitrogens is 1. The number of aliphatic hydroxyl groups is 1. The number of nitrogens with zero attached hydrogens (tertiary/aromatic N) is 1. The van der Waals surface area contributed by atoms with E-state index in [-0.39, 0.29) is 18.0 Å². The minimum absolute atomic E-state index is 0.0114. The van der Waals surface area contributed by atoms with Crippen LogP contribution >= 0.6 is 0 Å². The molecule has 0 atom stereocenters. The minimum Gasteiger partial charge on any atom is -0.495 e. The van der Waals surface area contributed by atoms with Crippen molar-refractivity contribution in [1.29, 1.82) is 0 Å². The quantitative estimate of drug-likeness (QED) is 0.790. The molecule has 0 amide bonds. The smallest absolute Gasteiger partial charge is 0.284 e. The van der Waals surface area contributed by atoms with E-state index < -0.39 is 18.7 Å². The van der Waals surface area contributed by atoms with E-state index in [1.54, 1.807) is 0 Å². The van der Waals surface area contributed by atoms with E-state index in [0.29, 0.717) is 5.56 Å². The molecule has 0 unspecified atom stereocenters. The summed E-state index contributed by atoms with van der Waals surface area (Å²) in [6.45, 7) is -0.307. The van der Waals surface area contributed by atoms with Gasteiger partial charge in [-0.1, -0.05) is 0 Å². The van der Waals surface area contributed by atoms with Gasteiger partial charge in [0.25, 0.3) is 6.43 Å². The molecule has 0 aromatic carbocycles. The number of halogens is 2. The summed E-state index contributed by atoms with van der Waals surface area (Å²) in [5, 5.41) is 8.92. The maximum atomic E-state index is 12.5. The van der Waals surface area contributed by atoms with Crippen LogP contribution in [0.15, 0.2) is 6.07 Å². The third-order valence-electron chi connectivity index (χ3n) is 1.98. The zero-order valence-electron chi connectivity index (χ0n) is 8.20. The molecule has 3 N–H and O–H groups in total. The molecular formula is C9H12F2N2O2. The molecule has 0 radical (unpaired) electrons. The van der Waals surface area contributed by atoms with Gasteiger partial charge in [0.2, 0.25) is 0 Å². The van der Waals surface area contributed by atoms with Crippen LogP contribution in [0.4, 0.5) is 8.78 Å². The first-order valence-electron chi connectivity index (χ1n) is 4.29. The van der Waals surface area contributed by atoms with Gasteiger partial charge in [-0.05, 0) is 11.6 Å². The largest absolute Gasteiger partial charge is 0.495 e. The van der Waals surface area contributed by atoms with Gasteiger partial charge in [0.05, 0.1) is 19.4 Å². The highest BCUT2D eigenvalue weighted by atomic mass is 19.3. The van der Waals surface area contributed by atoms with Gasteiger partial charge < -0.3 is 15.6 Å². The average Bonchev–Trinajstić information content (AvgIpc) is 2.26. The standard InChI is InChI=1S/C9H12F2N2O2/c1-15-7-2-5(3-12)6(4-14)13-8(7)9(10)11/h2,9,14H,3-4,12H2,1H3. The lowest BCUT2D eigenvalue weighted by Gasteiger charge is -2.11. The van der Waals surface area contributed by atoms with Crippen LogP contribution in [0.5, 0.6) is 5.75 Å². The summed E-state index contributed by atoms with van der Waals surface area (Å²) in [5.74, 6) is -0.0114. The molecule has 0 fully saturated rings. The fourth-order valence-corrected chi connectivity index (χ4v) is 1.22. The van der Waals surface area contributed by atoms with E-state index in [2.05, 4.69) is 4.98 Å². The van der Waals surface area contributed by atoms with Gasteiger partial charge in [0, 0.05) is 6.54 Å². The summed E-state index contributed by atoms with van der Waals surface area (Å²) in [5.41, 5.74) is 5.57. The number of hydrogen-bond donors (Lipinski definition) is 2. The molecule has 0 saturated carbocycles. The van der Waals surface area contributed by atoms with Crippen LogP contribution in [0.1, 0.15) is 23.4 Å². The van der Waals surface area contributed by atoms with Gasteiger partial charge in [-0.3, -0.25) is 0 Å². The molecular weight excluding hydrogens is 206 g/mol. The number of aliphatic hydroxyl groups excluding tert-OH is 1. The summed E-state index contributed by atoms with van der Waals surface area (Å²) < 4.78 is 29.8. The predicted octanol–water partition coefficient (Wildman–Crippen LogP) is 0.979. The van der Waals surface area contributed by atoms with E-state index in [1.165, 1.54) is 13.2 Å². The van der Waals surface area contributed by atoms with Crippen molar-refractivity contribution in [3.63, 3.8) is 0 Å². The Balaban J connectivity index is 3.27. The van der Waals surface area contributed by atoms with Crippen molar-refractivity contribution >= 4 is 0 Å². The lowest BCUT2D eigenvalue weighted by Crippen LogP contribution is -2.08. The SMILES string of the molecule is COc1cc(CN)c(CO)nc1C(F)F. The molecule has 0 aliphatic heterocycles. The Morgan fingerprint density at radius 2 is 2.27 bits per heavy atom. The highest BCUT2D eigenvalue weighted by Crippen LogP contribution is 2.28. The zero-order chi connectivity index (χ0) is 11.4. The highest BCUT2D eigenvalue weighted by Gasteiger charge is 2.18. The van der Waals surface area contributed by atoms with Crippen molar-refractivity contribution in [2.24, 2.45) is 5.73 Å². The Labute approximate surface area is 85.7 Å². The summed E-state index contributed by atoms with van der Waals surface area (Å²) >= 11 is 0. The Bertz CT molecular complexity index is 345. The second kappa shape index (κ2) is 4.99. The lowest BCUT2D eigenvalue weighted by atomic mass is 10.1. The predicted molar refractivity (Wildman–Crippen MR) is 49.6 cm³/mol. The van der Waals surface area contributed by atoms with Crippen molar-refractivity contribution in [2.45, 2.75) is 19.6 Å². The van der Waals surface area contributed by atoms with Crippen LogP contribution in [0, 0.1) is 0 Å². The molecule has 1 heterocycles. The van der Waals surface area contributed by atoms with Crippen molar-refractivity contribution in [2.75, 3.05) is 7.11 Å². The molecule has 84 valence electrons. The second-order valence-electron chi connectivity index (χ2n) is 2.84. The first-order valence-corrected chi connectivity index (χ1v) is 4.29. The number of hydrogen-bond acceptors (Lipinski definition) is 4. The summed E-state index contributed by atoms with van der Waals surface area (Å²) in [6.07, 6.45) is -2.74. The normalized spacial score (nSPS) is 10.8. The molecule has 0 saturated heterocycles. The van der Waals surface area contributed by atoms with Gasteiger partial charge >= 0.3 is 0 Å². The van der Waals surface area contributed by atoms with Gasteiger partial charge in [-0.15, -0.1) is 0 Å². The molecule has 0 aliphatic rings. The van der Waals surface area contributed by atoms with Crippen LogP contribution in [0.25, 0.3) is 0 Å². The molecule has 1 aromatic rings. The number of nitrogens with two attached hydrogens (primary N) is 1. The topological polar surface area (TPSA) is 68.4 Å². The lowest BCUT2D eigenvalue weighted by molar-refractivity contribution is 0.140. The molecule has 0 bridgehead atoms.